The zero-order chi connectivity index (χ0) is 20.9. The van der Waals surface area contributed by atoms with Gasteiger partial charge in [-0.3, -0.25) is 24.1 Å². The maximum atomic E-state index is 12.3. The van der Waals surface area contributed by atoms with E-state index in [-0.39, 0.29) is 17.9 Å². The van der Waals surface area contributed by atoms with Crippen LogP contribution < -0.4 is 16.6 Å². The molecule has 1 aromatic carbocycles. The van der Waals surface area contributed by atoms with Gasteiger partial charge in [0.1, 0.15) is 0 Å². The van der Waals surface area contributed by atoms with Crippen LogP contribution in [0.2, 0.25) is 0 Å². The van der Waals surface area contributed by atoms with Crippen LogP contribution in [0.4, 0.5) is 0 Å². The molecule has 0 spiro atoms. The molecule has 2 aromatic rings. The Bertz CT molecular complexity index is 958. The fraction of sp³-hybridized carbons (Fsp3) is 0.545. The summed E-state index contributed by atoms with van der Waals surface area (Å²) in [4.78, 5) is 31.6. The molecule has 3 heterocycles. The summed E-state index contributed by atoms with van der Waals surface area (Å²) in [5.74, 6) is 0. The number of aliphatic hydroxyl groups is 1. The molecule has 0 bridgehead atoms. The number of nitrogens with one attached hydrogen (secondary N) is 2. The molecule has 1 aromatic heterocycles. The van der Waals surface area contributed by atoms with Gasteiger partial charge in [0.05, 0.1) is 12.2 Å². The van der Waals surface area contributed by atoms with E-state index in [1.54, 1.807) is 4.57 Å². The minimum absolute atomic E-state index is 0.229. The minimum Gasteiger partial charge on any atom is -0.395 e. The lowest BCUT2D eigenvalue weighted by molar-refractivity contribution is 0.108. The molecule has 8 heteroatoms. The van der Waals surface area contributed by atoms with Crippen molar-refractivity contribution in [2.75, 3.05) is 45.9 Å². The zero-order valence-corrected chi connectivity index (χ0v) is 17.4. The van der Waals surface area contributed by atoms with E-state index < -0.39 is 0 Å². The van der Waals surface area contributed by atoms with Gasteiger partial charge in [0.15, 0.2) is 0 Å². The number of hydrogen-bond acceptors (Lipinski definition) is 6. The maximum Gasteiger partial charge on any atom is 0.328 e. The Labute approximate surface area is 176 Å². The number of hydrogen-bond donors (Lipinski definition) is 3. The lowest BCUT2D eigenvalue weighted by Crippen LogP contribution is -2.46. The minimum atomic E-state index is -0.308. The molecule has 1 fully saturated rings. The second-order valence-corrected chi connectivity index (χ2v) is 8.17. The molecule has 0 aliphatic carbocycles. The lowest BCUT2D eigenvalue weighted by Gasteiger charge is -2.34. The van der Waals surface area contributed by atoms with E-state index in [0.717, 1.165) is 57.9 Å². The average Bonchev–Trinajstić information content (AvgIpc) is 2.76. The van der Waals surface area contributed by atoms with Crippen molar-refractivity contribution in [2.45, 2.75) is 32.5 Å². The highest BCUT2D eigenvalue weighted by Crippen LogP contribution is 2.12. The Morgan fingerprint density at radius 2 is 1.63 bits per heavy atom. The van der Waals surface area contributed by atoms with E-state index in [0.29, 0.717) is 25.1 Å². The molecule has 3 N–H and O–H groups in total. The molecule has 2 aliphatic rings. The smallest absolute Gasteiger partial charge is 0.328 e. The first-order valence-electron chi connectivity index (χ1n) is 10.8. The van der Waals surface area contributed by atoms with Crippen LogP contribution in [0.1, 0.15) is 22.4 Å². The van der Waals surface area contributed by atoms with Crippen LogP contribution in [0.25, 0.3) is 0 Å². The van der Waals surface area contributed by atoms with Crippen LogP contribution in [-0.4, -0.2) is 70.3 Å². The van der Waals surface area contributed by atoms with Gasteiger partial charge in [0.25, 0.3) is 5.56 Å². The third-order valence-electron chi connectivity index (χ3n) is 6.19. The molecule has 0 amide bonds. The molecule has 1 saturated heterocycles. The number of H-pyrrole nitrogens is 1. The number of piperazine rings is 1. The molecule has 0 radical (unpaired) electrons. The summed E-state index contributed by atoms with van der Waals surface area (Å²) in [6.07, 6.45) is 1.46. The molecule has 2 aliphatic heterocycles. The van der Waals surface area contributed by atoms with Gasteiger partial charge in [-0.05, 0) is 17.5 Å². The van der Waals surface area contributed by atoms with Crippen molar-refractivity contribution < 1.29 is 5.11 Å². The Morgan fingerprint density at radius 3 is 2.37 bits per heavy atom. The summed E-state index contributed by atoms with van der Waals surface area (Å²) in [6, 6.07) is 8.62. The topological polar surface area (TPSA) is 93.6 Å². The summed E-state index contributed by atoms with van der Waals surface area (Å²) in [6.45, 7) is 7.88. The molecule has 0 saturated carbocycles. The maximum absolute atomic E-state index is 12.3. The number of aryl methyl sites for hydroxylation is 1. The quantitative estimate of drug-likeness (QED) is 0.569. The molecule has 30 heavy (non-hydrogen) atoms. The number of rotatable bonds is 7. The highest BCUT2D eigenvalue weighted by atomic mass is 16.3. The fourth-order valence-corrected chi connectivity index (χ4v) is 4.40. The molecule has 0 unspecified atom stereocenters. The van der Waals surface area contributed by atoms with E-state index in [1.165, 1.54) is 11.1 Å². The number of nitrogens with zero attached hydrogens (tertiary/aromatic N) is 3. The number of aromatic nitrogens is 2. The van der Waals surface area contributed by atoms with Crippen molar-refractivity contribution in [1.29, 1.82) is 0 Å². The fourth-order valence-electron chi connectivity index (χ4n) is 4.40. The largest absolute Gasteiger partial charge is 0.395 e. The number of benzene rings is 1. The van der Waals surface area contributed by atoms with Crippen molar-refractivity contribution in [1.82, 2.24) is 24.7 Å². The van der Waals surface area contributed by atoms with Gasteiger partial charge in [0, 0.05) is 71.0 Å². The van der Waals surface area contributed by atoms with Gasteiger partial charge in [-0.25, -0.2) is 4.79 Å². The van der Waals surface area contributed by atoms with Crippen LogP contribution in [0.15, 0.2) is 33.9 Å². The van der Waals surface area contributed by atoms with Crippen molar-refractivity contribution in [3.05, 3.63) is 67.5 Å². The second-order valence-electron chi connectivity index (χ2n) is 8.17. The normalized spacial score (nSPS) is 17.8. The summed E-state index contributed by atoms with van der Waals surface area (Å²) in [5.41, 5.74) is 3.47. The van der Waals surface area contributed by atoms with Gasteiger partial charge < -0.3 is 10.4 Å². The predicted octanol–water partition coefficient (Wildman–Crippen LogP) is -0.465. The zero-order valence-electron chi connectivity index (χ0n) is 17.4. The van der Waals surface area contributed by atoms with Crippen LogP contribution in [0.5, 0.6) is 0 Å². The SMILES string of the molecule is O=c1[nH]c(=O)n(CCc2ccc(CN3CCN(CCO)CC3)cc2)c2c1CNCC2. The number of aliphatic hydroxyl groups excluding tert-OH is 1. The Kier molecular flexibility index (Phi) is 6.79. The summed E-state index contributed by atoms with van der Waals surface area (Å²) >= 11 is 0. The van der Waals surface area contributed by atoms with E-state index in [9.17, 15) is 9.59 Å². The van der Waals surface area contributed by atoms with Crippen molar-refractivity contribution in [2.24, 2.45) is 0 Å². The lowest BCUT2D eigenvalue weighted by atomic mass is 10.1. The first kappa shape index (κ1) is 21.0. The molecular formula is C22H31N5O3. The Hall–Kier alpha value is -2.26. The van der Waals surface area contributed by atoms with E-state index in [2.05, 4.69) is 44.4 Å². The number of aromatic amines is 1. The van der Waals surface area contributed by atoms with Gasteiger partial charge in [0.2, 0.25) is 0 Å². The highest BCUT2D eigenvalue weighted by molar-refractivity contribution is 5.24. The standard InChI is InChI=1S/C22H31N5O3/c28-14-13-25-9-11-26(12-10-25)16-18-3-1-17(2-4-18)6-8-27-20-5-7-23-15-19(20)21(29)24-22(27)30/h1-4,23,28H,5-16H2,(H,24,29,30). The first-order valence-corrected chi connectivity index (χ1v) is 10.8. The van der Waals surface area contributed by atoms with Crippen LogP contribution in [0, 0.1) is 0 Å². The van der Waals surface area contributed by atoms with Gasteiger partial charge in [-0.2, -0.15) is 0 Å². The van der Waals surface area contributed by atoms with Crippen molar-refractivity contribution in [3.63, 3.8) is 0 Å². The van der Waals surface area contributed by atoms with Crippen LogP contribution in [0.3, 0.4) is 0 Å². The third-order valence-corrected chi connectivity index (χ3v) is 6.19. The number of fused-ring (bicyclic) bond motifs is 1. The Morgan fingerprint density at radius 1 is 0.933 bits per heavy atom. The molecule has 4 rings (SSSR count). The molecule has 0 atom stereocenters. The molecule has 8 nitrogen and oxygen atoms in total. The van der Waals surface area contributed by atoms with E-state index in [1.807, 2.05) is 0 Å². The second kappa shape index (κ2) is 9.70. The predicted molar refractivity (Wildman–Crippen MR) is 116 cm³/mol. The molecular weight excluding hydrogens is 382 g/mol. The monoisotopic (exact) mass is 413 g/mol. The first-order chi connectivity index (χ1) is 14.6. The Balaban J connectivity index is 1.35. The van der Waals surface area contributed by atoms with Crippen LogP contribution in [-0.2, 0) is 32.5 Å². The number of β-amino-alcohol motifs (C(OH)–C–C–N with tert-alkyl or cyclic N) is 1. The summed E-state index contributed by atoms with van der Waals surface area (Å²) in [5, 5.41) is 12.3. The summed E-state index contributed by atoms with van der Waals surface area (Å²) in [7, 11) is 0. The van der Waals surface area contributed by atoms with E-state index in [4.69, 9.17) is 5.11 Å². The average molecular weight is 414 g/mol. The van der Waals surface area contributed by atoms with Crippen molar-refractivity contribution in [3.8, 4) is 0 Å². The van der Waals surface area contributed by atoms with Gasteiger partial charge in [-0.1, -0.05) is 24.3 Å². The van der Waals surface area contributed by atoms with Crippen molar-refractivity contribution >= 4 is 0 Å². The molecule has 162 valence electrons. The van der Waals surface area contributed by atoms with Gasteiger partial charge in [-0.15, -0.1) is 0 Å². The van der Waals surface area contributed by atoms with Crippen LogP contribution >= 0.6 is 0 Å². The summed E-state index contributed by atoms with van der Waals surface area (Å²) < 4.78 is 1.73. The van der Waals surface area contributed by atoms with Gasteiger partial charge >= 0.3 is 5.69 Å². The highest BCUT2D eigenvalue weighted by Gasteiger charge is 2.18. The third kappa shape index (κ3) is 4.89. The van der Waals surface area contributed by atoms with E-state index >= 15 is 0 Å².